The van der Waals surface area contributed by atoms with Crippen LogP contribution in [0.5, 0.6) is 0 Å². The molecular formula is C15H30N4. The van der Waals surface area contributed by atoms with Crippen molar-refractivity contribution in [1.29, 1.82) is 0 Å². The Labute approximate surface area is 118 Å². The molecule has 0 bridgehead atoms. The molecule has 1 N–H and O–H groups in total. The lowest BCUT2D eigenvalue weighted by Gasteiger charge is -2.28. The van der Waals surface area contributed by atoms with Crippen molar-refractivity contribution in [3.8, 4) is 0 Å². The van der Waals surface area contributed by atoms with Gasteiger partial charge in [0, 0.05) is 31.7 Å². The molecule has 1 aromatic heterocycles. The van der Waals surface area contributed by atoms with Gasteiger partial charge in [-0.3, -0.25) is 4.68 Å². The van der Waals surface area contributed by atoms with Gasteiger partial charge in [-0.2, -0.15) is 5.10 Å². The highest BCUT2D eigenvalue weighted by atomic mass is 15.4. The van der Waals surface area contributed by atoms with E-state index in [0.717, 1.165) is 25.3 Å². The summed E-state index contributed by atoms with van der Waals surface area (Å²) in [7, 11) is 2.04. The van der Waals surface area contributed by atoms with Crippen molar-refractivity contribution in [1.82, 2.24) is 15.1 Å². The highest BCUT2D eigenvalue weighted by Gasteiger charge is 2.19. The van der Waals surface area contributed by atoms with Gasteiger partial charge in [0.15, 0.2) is 0 Å². The van der Waals surface area contributed by atoms with E-state index in [1.54, 1.807) is 0 Å². The SMILES string of the molecule is CCN(c1c(CNCC(C)C)c(C)nn1C)C(C)C. The molecule has 1 heterocycles. The Morgan fingerprint density at radius 3 is 2.37 bits per heavy atom. The van der Waals surface area contributed by atoms with Crippen LogP contribution in [0.1, 0.15) is 45.9 Å². The molecule has 0 fully saturated rings. The van der Waals surface area contributed by atoms with Crippen LogP contribution in [0.3, 0.4) is 0 Å². The van der Waals surface area contributed by atoms with Crippen molar-refractivity contribution < 1.29 is 0 Å². The first-order valence-corrected chi connectivity index (χ1v) is 7.38. The predicted molar refractivity (Wildman–Crippen MR) is 82.6 cm³/mol. The van der Waals surface area contributed by atoms with Gasteiger partial charge < -0.3 is 10.2 Å². The highest BCUT2D eigenvalue weighted by Crippen LogP contribution is 2.24. The van der Waals surface area contributed by atoms with Gasteiger partial charge in [0.05, 0.1) is 5.69 Å². The Kier molecular flexibility index (Phi) is 5.85. The van der Waals surface area contributed by atoms with E-state index in [1.807, 2.05) is 11.7 Å². The first kappa shape index (κ1) is 16.0. The maximum Gasteiger partial charge on any atom is 0.131 e. The van der Waals surface area contributed by atoms with E-state index in [-0.39, 0.29) is 0 Å². The first-order chi connectivity index (χ1) is 8.88. The maximum absolute atomic E-state index is 4.60. The van der Waals surface area contributed by atoms with Crippen molar-refractivity contribution >= 4 is 5.82 Å². The zero-order chi connectivity index (χ0) is 14.6. The molecule has 0 aliphatic rings. The van der Waals surface area contributed by atoms with E-state index in [2.05, 4.69) is 56.9 Å². The van der Waals surface area contributed by atoms with Gasteiger partial charge in [-0.25, -0.2) is 0 Å². The zero-order valence-corrected chi connectivity index (χ0v) is 13.6. The molecule has 0 amide bonds. The number of aryl methyl sites for hydroxylation is 2. The summed E-state index contributed by atoms with van der Waals surface area (Å²) in [5, 5.41) is 8.13. The van der Waals surface area contributed by atoms with E-state index in [1.165, 1.54) is 11.4 Å². The molecule has 0 aliphatic carbocycles. The van der Waals surface area contributed by atoms with Gasteiger partial charge in [0.1, 0.15) is 5.82 Å². The summed E-state index contributed by atoms with van der Waals surface area (Å²) in [5.41, 5.74) is 2.46. The third-order valence-corrected chi connectivity index (χ3v) is 3.40. The van der Waals surface area contributed by atoms with Crippen LogP contribution in [-0.2, 0) is 13.6 Å². The molecule has 0 spiro atoms. The number of nitrogens with one attached hydrogen (secondary N) is 1. The molecule has 0 unspecified atom stereocenters. The number of hydrogen-bond acceptors (Lipinski definition) is 3. The molecule has 0 aliphatic heterocycles. The standard InChI is InChI=1S/C15H30N4/c1-8-19(12(4)5)15-14(10-16-9-11(2)3)13(6)17-18(15)7/h11-12,16H,8-10H2,1-7H3. The van der Waals surface area contributed by atoms with Gasteiger partial charge in [0.25, 0.3) is 0 Å². The fourth-order valence-corrected chi connectivity index (χ4v) is 2.50. The van der Waals surface area contributed by atoms with Crippen molar-refractivity contribution in [2.75, 3.05) is 18.0 Å². The summed E-state index contributed by atoms with van der Waals surface area (Å²) in [6.07, 6.45) is 0. The molecule has 0 atom stereocenters. The molecule has 4 heteroatoms. The minimum Gasteiger partial charge on any atom is -0.354 e. The summed E-state index contributed by atoms with van der Waals surface area (Å²) >= 11 is 0. The minimum absolute atomic E-state index is 0.489. The molecular weight excluding hydrogens is 236 g/mol. The Balaban J connectivity index is 2.96. The molecule has 1 aromatic rings. The monoisotopic (exact) mass is 266 g/mol. The van der Waals surface area contributed by atoms with Crippen LogP contribution in [0.4, 0.5) is 5.82 Å². The van der Waals surface area contributed by atoms with Crippen LogP contribution >= 0.6 is 0 Å². The lowest BCUT2D eigenvalue weighted by Crippen LogP contribution is -2.33. The lowest BCUT2D eigenvalue weighted by atomic mass is 10.2. The topological polar surface area (TPSA) is 33.1 Å². The number of nitrogens with zero attached hydrogens (tertiary/aromatic N) is 3. The lowest BCUT2D eigenvalue weighted by molar-refractivity contribution is 0.550. The fourth-order valence-electron chi connectivity index (χ4n) is 2.50. The molecule has 4 nitrogen and oxygen atoms in total. The van der Waals surface area contributed by atoms with Crippen LogP contribution in [0.2, 0.25) is 0 Å². The first-order valence-electron chi connectivity index (χ1n) is 7.38. The second-order valence-electron chi connectivity index (χ2n) is 5.92. The Hall–Kier alpha value is -1.03. The molecule has 0 saturated carbocycles. The number of rotatable bonds is 7. The molecule has 110 valence electrons. The van der Waals surface area contributed by atoms with E-state index in [4.69, 9.17) is 0 Å². The molecule has 19 heavy (non-hydrogen) atoms. The van der Waals surface area contributed by atoms with E-state index in [0.29, 0.717) is 12.0 Å². The van der Waals surface area contributed by atoms with Crippen LogP contribution in [0, 0.1) is 12.8 Å². The minimum atomic E-state index is 0.489. The molecule has 1 rings (SSSR count). The summed E-state index contributed by atoms with van der Waals surface area (Å²) in [4.78, 5) is 2.41. The van der Waals surface area contributed by atoms with Gasteiger partial charge in [0.2, 0.25) is 0 Å². The summed E-state index contributed by atoms with van der Waals surface area (Å²) in [6, 6.07) is 0.489. The van der Waals surface area contributed by atoms with Gasteiger partial charge >= 0.3 is 0 Å². The number of aromatic nitrogens is 2. The van der Waals surface area contributed by atoms with Crippen LogP contribution in [0.25, 0.3) is 0 Å². The zero-order valence-electron chi connectivity index (χ0n) is 13.6. The van der Waals surface area contributed by atoms with E-state index >= 15 is 0 Å². The van der Waals surface area contributed by atoms with Crippen LogP contribution in [-0.4, -0.2) is 28.9 Å². The number of hydrogen-bond donors (Lipinski definition) is 1. The third kappa shape index (κ3) is 3.96. The second kappa shape index (κ2) is 6.94. The average Bonchev–Trinajstić information content (AvgIpc) is 2.56. The molecule has 0 saturated heterocycles. The number of anilines is 1. The largest absolute Gasteiger partial charge is 0.354 e. The normalized spacial score (nSPS) is 11.6. The highest BCUT2D eigenvalue weighted by molar-refractivity contribution is 5.50. The van der Waals surface area contributed by atoms with Crippen molar-refractivity contribution in [3.05, 3.63) is 11.3 Å². The van der Waals surface area contributed by atoms with Crippen molar-refractivity contribution in [2.45, 2.75) is 54.1 Å². The summed E-state index contributed by atoms with van der Waals surface area (Å²) < 4.78 is 2.02. The van der Waals surface area contributed by atoms with E-state index in [9.17, 15) is 0 Å². The van der Waals surface area contributed by atoms with Gasteiger partial charge in [-0.1, -0.05) is 13.8 Å². The Morgan fingerprint density at radius 2 is 1.89 bits per heavy atom. The van der Waals surface area contributed by atoms with E-state index < -0.39 is 0 Å². The summed E-state index contributed by atoms with van der Waals surface area (Å²) in [6.45, 7) is 16.2. The van der Waals surface area contributed by atoms with Gasteiger partial charge in [-0.15, -0.1) is 0 Å². The summed E-state index contributed by atoms with van der Waals surface area (Å²) in [5.74, 6) is 1.93. The molecule has 0 radical (unpaired) electrons. The predicted octanol–water partition coefficient (Wildman–Crippen LogP) is 2.71. The Morgan fingerprint density at radius 1 is 1.26 bits per heavy atom. The second-order valence-corrected chi connectivity index (χ2v) is 5.92. The fraction of sp³-hybridized carbons (Fsp3) is 0.800. The maximum atomic E-state index is 4.60. The third-order valence-electron chi connectivity index (χ3n) is 3.40. The van der Waals surface area contributed by atoms with Gasteiger partial charge in [-0.05, 0) is 40.2 Å². The van der Waals surface area contributed by atoms with Crippen LogP contribution in [0.15, 0.2) is 0 Å². The average molecular weight is 266 g/mol. The molecule has 0 aromatic carbocycles. The Bertz CT molecular complexity index is 393. The smallest absolute Gasteiger partial charge is 0.131 e. The van der Waals surface area contributed by atoms with Crippen LogP contribution < -0.4 is 10.2 Å². The quantitative estimate of drug-likeness (QED) is 0.824. The van der Waals surface area contributed by atoms with Crippen molar-refractivity contribution in [3.63, 3.8) is 0 Å². The van der Waals surface area contributed by atoms with Crippen molar-refractivity contribution in [2.24, 2.45) is 13.0 Å².